The Morgan fingerprint density at radius 2 is 2.00 bits per heavy atom. The second-order valence-electron chi connectivity index (χ2n) is 6.49. The monoisotopic (exact) mass is 356 g/mol. The molecule has 1 saturated heterocycles. The molecule has 1 fully saturated rings. The van der Waals surface area contributed by atoms with E-state index in [2.05, 4.69) is 32.8 Å². The Morgan fingerprint density at radius 3 is 2.72 bits per heavy atom. The van der Waals surface area contributed by atoms with Gasteiger partial charge < -0.3 is 4.90 Å². The van der Waals surface area contributed by atoms with Crippen LogP contribution < -0.4 is 4.90 Å². The highest BCUT2D eigenvalue weighted by atomic mass is 32.1. The van der Waals surface area contributed by atoms with E-state index in [1.807, 2.05) is 24.6 Å². The number of rotatable bonds is 3. The average molecular weight is 356 g/mol. The molecule has 0 radical (unpaired) electrons. The first kappa shape index (κ1) is 16.4. The predicted molar refractivity (Wildman–Crippen MR) is 101 cm³/mol. The van der Waals surface area contributed by atoms with Crippen LogP contribution in [0.15, 0.2) is 35.8 Å². The number of hydrogen-bond acceptors (Lipinski definition) is 5. The Labute approximate surface area is 150 Å². The number of halogens is 1. The van der Waals surface area contributed by atoms with Gasteiger partial charge in [0.2, 0.25) is 0 Å². The summed E-state index contributed by atoms with van der Waals surface area (Å²) in [5, 5.41) is 4.09. The SMILES string of the molecule is Cc1cc(N2CCN(C(C)c3nccs3)CC2)c2cccc(F)c2n1. The summed E-state index contributed by atoms with van der Waals surface area (Å²) in [5.74, 6) is -0.251. The molecule has 130 valence electrons. The molecular weight excluding hydrogens is 335 g/mol. The van der Waals surface area contributed by atoms with Crippen molar-refractivity contribution in [2.75, 3.05) is 31.1 Å². The third-order valence-electron chi connectivity index (χ3n) is 4.91. The molecule has 0 aliphatic carbocycles. The van der Waals surface area contributed by atoms with Crippen molar-refractivity contribution in [3.05, 3.63) is 52.4 Å². The van der Waals surface area contributed by atoms with Crippen molar-refractivity contribution in [2.45, 2.75) is 19.9 Å². The molecule has 3 aromatic rings. The van der Waals surface area contributed by atoms with E-state index in [0.717, 1.165) is 42.9 Å². The molecule has 1 aromatic carbocycles. The van der Waals surface area contributed by atoms with Crippen molar-refractivity contribution < 1.29 is 4.39 Å². The fraction of sp³-hybridized carbons (Fsp3) is 0.368. The Morgan fingerprint density at radius 1 is 1.20 bits per heavy atom. The van der Waals surface area contributed by atoms with Gasteiger partial charge in [-0.25, -0.2) is 14.4 Å². The minimum absolute atomic E-state index is 0.251. The molecule has 3 heterocycles. The fourth-order valence-corrected chi connectivity index (χ4v) is 4.26. The number of benzene rings is 1. The molecular formula is C19H21FN4S. The maximum Gasteiger partial charge on any atom is 0.149 e. The Hall–Kier alpha value is -2.05. The molecule has 0 spiro atoms. The molecule has 25 heavy (non-hydrogen) atoms. The molecule has 1 aliphatic heterocycles. The number of anilines is 1. The van der Waals surface area contributed by atoms with Gasteiger partial charge in [0.15, 0.2) is 0 Å². The first-order valence-electron chi connectivity index (χ1n) is 8.58. The Balaban J connectivity index is 1.57. The quantitative estimate of drug-likeness (QED) is 0.709. The van der Waals surface area contributed by atoms with Crippen LogP contribution in [0.4, 0.5) is 10.1 Å². The van der Waals surface area contributed by atoms with Crippen LogP contribution in [0, 0.1) is 12.7 Å². The third-order valence-corrected chi connectivity index (χ3v) is 5.85. The number of para-hydroxylation sites is 1. The van der Waals surface area contributed by atoms with Crippen molar-refractivity contribution in [1.82, 2.24) is 14.9 Å². The van der Waals surface area contributed by atoms with E-state index >= 15 is 0 Å². The molecule has 0 amide bonds. The molecule has 1 unspecified atom stereocenters. The van der Waals surface area contributed by atoms with Crippen molar-refractivity contribution in [2.24, 2.45) is 0 Å². The molecule has 1 aliphatic rings. The van der Waals surface area contributed by atoms with Crippen molar-refractivity contribution in [1.29, 1.82) is 0 Å². The number of fused-ring (bicyclic) bond motifs is 1. The van der Waals surface area contributed by atoms with Crippen LogP contribution in [0.5, 0.6) is 0 Å². The normalized spacial score (nSPS) is 17.2. The number of aryl methyl sites for hydroxylation is 1. The summed E-state index contributed by atoms with van der Waals surface area (Å²) < 4.78 is 14.1. The van der Waals surface area contributed by atoms with Gasteiger partial charge in [-0.05, 0) is 26.0 Å². The third kappa shape index (κ3) is 3.12. The van der Waals surface area contributed by atoms with Crippen LogP contribution >= 0.6 is 11.3 Å². The highest BCUT2D eigenvalue weighted by molar-refractivity contribution is 7.09. The smallest absolute Gasteiger partial charge is 0.149 e. The number of pyridine rings is 1. The summed E-state index contributed by atoms with van der Waals surface area (Å²) in [4.78, 5) is 13.6. The van der Waals surface area contributed by atoms with E-state index in [-0.39, 0.29) is 5.82 Å². The van der Waals surface area contributed by atoms with E-state index in [9.17, 15) is 4.39 Å². The average Bonchev–Trinajstić information content (AvgIpc) is 3.16. The number of thiazole rings is 1. The topological polar surface area (TPSA) is 32.3 Å². The predicted octanol–water partition coefficient (Wildman–Crippen LogP) is 4.02. The van der Waals surface area contributed by atoms with E-state index in [1.165, 1.54) is 11.1 Å². The first-order valence-corrected chi connectivity index (χ1v) is 9.45. The molecule has 0 bridgehead atoms. The van der Waals surface area contributed by atoms with Gasteiger partial charge in [0.25, 0.3) is 0 Å². The summed E-state index contributed by atoms with van der Waals surface area (Å²) in [5.41, 5.74) is 2.41. The van der Waals surface area contributed by atoms with E-state index in [1.54, 1.807) is 17.4 Å². The molecule has 4 rings (SSSR count). The van der Waals surface area contributed by atoms with Crippen molar-refractivity contribution >= 4 is 27.9 Å². The van der Waals surface area contributed by atoms with Gasteiger partial charge >= 0.3 is 0 Å². The minimum atomic E-state index is -0.251. The van der Waals surface area contributed by atoms with Crippen LogP contribution in [-0.4, -0.2) is 41.0 Å². The largest absolute Gasteiger partial charge is 0.368 e. The van der Waals surface area contributed by atoms with Gasteiger partial charge in [0.05, 0.1) is 6.04 Å². The first-order chi connectivity index (χ1) is 12.1. The lowest BCUT2D eigenvalue weighted by Crippen LogP contribution is -2.47. The van der Waals surface area contributed by atoms with Gasteiger partial charge in [0, 0.05) is 54.5 Å². The van der Waals surface area contributed by atoms with Gasteiger partial charge in [-0.3, -0.25) is 4.90 Å². The maximum atomic E-state index is 14.1. The zero-order valence-corrected chi connectivity index (χ0v) is 15.3. The van der Waals surface area contributed by atoms with E-state index < -0.39 is 0 Å². The van der Waals surface area contributed by atoms with Gasteiger partial charge in [0.1, 0.15) is 16.3 Å². The summed E-state index contributed by atoms with van der Waals surface area (Å²) in [6.45, 7) is 7.93. The van der Waals surface area contributed by atoms with E-state index in [0.29, 0.717) is 11.6 Å². The van der Waals surface area contributed by atoms with Crippen molar-refractivity contribution in [3.63, 3.8) is 0 Å². The maximum absolute atomic E-state index is 14.1. The lowest BCUT2D eigenvalue weighted by molar-refractivity contribution is 0.198. The van der Waals surface area contributed by atoms with E-state index in [4.69, 9.17) is 0 Å². The van der Waals surface area contributed by atoms with Crippen LogP contribution in [0.3, 0.4) is 0 Å². The lowest BCUT2D eigenvalue weighted by atomic mass is 10.1. The number of nitrogens with zero attached hydrogens (tertiary/aromatic N) is 4. The summed E-state index contributed by atoms with van der Waals surface area (Å²) in [6.07, 6.45) is 1.87. The second kappa shape index (κ2) is 6.69. The van der Waals surface area contributed by atoms with Crippen molar-refractivity contribution in [3.8, 4) is 0 Å². The molecule has 2 aromatic heterocycles. The van der Waals surface area contributed by atoms with Crippen LogP contribution in [0.25, 0.3) is 10.9 Å². The minimum Gasteiger partial charge on any atom is -0.368 e. The zero-order chi connectivity index (χ0) is 17.4. The van der Waals surface area contributed by atoms with Gasteiger partial charge in [-0.1, -0.05) is 12.1 Å². The molecule has 0 saturated carbocycles. The zero-order valence-electron chi connectivity index (χ0n) is 14.4. The lowest BCUT2D eigenvalue weighted by Gasteiger charge is -2.39. The van der Waals surface area contributed by atoms with Gasteiger partial charge in [-0.2, -0.15) is 0 Å². The van der Waals surface area contributed by atoms with Crippen LogP contribution in [0.1, 0.15) is 23.7 Å². The Kier molecular flexibility index (Phi) is 4.39. The summed E-state index contributed by atoms with van der Waals surface area (Å²) in [7, 11) is 0. The highest BCUT2D eigenvalue weighted by Gasteiger charge is 2.24. The second-order valence-corrected chi connectivity index (χ2v) is 7.41. The number of piperazine rings is 1. The number of aromatic nitrogens is 2. The number of hydrogen-bond donors (Lipinski definition) is 0. The standard InChI is InChI=1S/C19H21FN4S/c1-13-12-17(15-4-3-5-16(20)18(15)22-13)24-9-7-23(8-10-24)14(2)19-21-6-11-25-19/h3-6,11-12,14H,7-10H2,1-2H3. The molecule has 4 nitrogen and oxygen atoms in total. The van der Waals surface area contributed by atoms with Gasteiger partial charge in [-0.15, -0.1) is 11.3 Å². The van der Waals surface area contributed by atoms with Crippen LogP contribution in [-0.2, 0) is 0 Å². The van der Waals surface area contributed by atoms with Crippen LogP contribution in [0.2, 0.25) is 0 Å². The highest BCUT2D eigenvalue weighted by Crippen LogP contribution is 2.30. The Bertz CT molecular complexity index is 873. The fourth-order valence-electron chi connectivity index (χ4n) is 3.53. The molecule has 0 N–H and O–H groups in total. The molecule has 1 atom stereocenters. The summed E-state index contributed by atoms with van der Waals surface area (Å²) in [6, 6.07) is 7.62. The molecule has 6 heteroatoms. The summed E-state index contributed by atoms with van der Waals surface area (Å²) >= 11 is 1.71.